The third-order valence-electron chi connectivity index (χ3n) is 5.15. The topological polar surface area (TPSA) is 58.1 Å². The molecule has 4 rings (SSSR count). The third kappa shape index (κ3) is 2.62. The van der Waals surface area contributed by atoms with Crippen LogP contribution in [0.1, 0.15) is 55.1 Å². The quantitative estimate of drug-likeness (QED) is 0.927. The van der Waals surface area contributed by atoms with E-state index in [0.29, 0.717) is 18.3 Å². The Balaban J connectivity index is 1.69. The van der Waals surface area contributed by atoms with E-state index in [1.54, 1.807) is 0 Å². The van der Waals surface area contributed by atoms with E-state index < -0.39 is 0 Å². The van der Waals surface area contributed by atoms with Crippen molar-refractivity contribution in [2.24, 2.45) is 5.92 Å². The summed E-state index contributed by atoms with van der Waals surface area (Å²) in [6.07, 6.45) is 6.22. The van der Waals surface area contributed by atoms with E-state index in [1.165, 1.54) is 24.8 Å². The largest absolute Gasteiger partial charge is 0.316 e. The number of nitrogens with zero attached hydrogens (tertiary/aromatic N) is 3. The van der Waals surface area contributed by atoms with E-state index in [1.807, 2.05) is 4.90 Å². The van der Waals surface area contributed by atoms with Crippen molar-refractivity contribution in [3.05, 3.63) is 17.1 Å². The monoisotopic (exact) mass is 300 g/mol. The maximum atomic E-state index is 12.4. The number of piperidine rings is 1. The molecule has 0 spiro atoms. The van der Waals surface area contributed by atoms with Crippen LogP contribution >= 0.6 is 0 Å². The zero-order chi connectivity index (χ0) is 15.1. The van der Waals surface area contributed by atoms with Crippen molar-refractivity contribution in [3.8, 4) is 0 Å². The minimum absolute atomic E-state index is 0.241. The molecule has 1 saturated carbocycles. The lowest BCUT2D eigenvalue weighted by molar-refractivity contribution is -0.119. The maximum Gasteiger partial charge on any atom is 0.228 e. The number of rotatable bonds is 3. The Hall–Kier alpha value is -1.49. The third-order valence-corrected chi connectivity index (χ3v) is 5.15. The van der Waals surface area contributed by atoms with Crippen LogP contribution in [0.2, 0.25) is 0 Å². The molecule has 5 nitrogen and oxygen atoms in total. The van der Waals surface area contributed by atoms with Gasteiger partial charge >= 0.3 is 0 Å². The summed E-state index contributed by atoms with van der Waals surface area (Å²) in [6.45, 7) is 4.97. The summed E-state index contributed by atoms with van der Waals surface area (Å²) in [4.78, 5) is 24.0. The van der Waals surface area contributed by atoms with Crippen LogP contribution in [0.25, 0.3) is 0 Å². The van der Waals surface area contributed by atoms with Crippen molar-refractivity contribution in [1.29, 1.82) is 0 Å². The molecule has 1 aromatic heterocycles. The second kappa shape index (κ2) is 5.61. The number of hydrogen-bond donors (Lipinski definition) is 1. The number of aromatic nitrogens is 2. The van der Waals surface area contributed by atoms with Gasteiger partial charge in [0.2, 0.25) is 5.91 Å². The number of hydrogen-bond acceptors (Lipinski definition) is 4. The van der Waals surface area contributed by atoms with E-state index in [-0.39, 0.29) is 5.91 Å². The molecule has 2 fully saturated rings. The van der Waals surface area contributed by atoms with Crippen LogP contribution < -0.4 is 10.2 Å². The van der Waals surface area contributed by atoms with Gasteiger partial charge < -0.3 is 5.32 Å². The highest BCUT2D eigenvalue weighted by Crippen LogP contribution is 2.35. The van der Waals surface area contributed by atoms with Gasteiger partial charge in [-0.05, 0) is 51.5 Å². The Morgan fingerprint density at radius 2 is 2.09 bits per heavy atom. The summed E-state index contributed by atoms with van der Waals surface area (Å²) in [5.74, 6) is 3.16. The predicted molar refractivity (Wildman–Crippen MR) is 85.0 cm³/mol. The smallest absolute Gasteiger partial charge is 0.228 e. The van der Waals surface area contributed by atoms with Crippen molar-refractivity contribution in [1.82, 2.24) is 15.3 Å². The number of fused-ring (bicyclic) bond motifs is 1. The highest BCUT2D eigenvalue weighted by Gasteiger charge is 2.33. The summed E-state index contributed by atoms with van der Waals surface area (Å²) >= 11 is 0. The lowest BCUT2D eigenvalue weighted by Gasteiger charge is -2.31. The van der Waals surface area contributed by atoms with Crippen LogP contribution in [0.4, 0.5) is 5.82 Å². The normalized spacial score (nSPS) is 25.2. The molecule has 1 saturated heterocycles. The average molecular weight is 300 g/mol. The molecule has 1 aromatic rings. The summed E-state index contributed by atoms with van der Waals surface area (Å²) in [6, 6.07) is 0. The second-order valence-corrected chi connectivity index (χ2v) is 6.96. The first-order valence-corrected chi connectivity index (χ1v) is 8.61. The van der Waals surface area contributed by atoms with Crippen LogP contribution in [-0.2, 0) is 11.2 Å². The maximum absolute atomic E-state index is 12.4. The minimum atomic E-state index is 0.241. The molecule has 0 aromatic carbocycles. The number of anilines is 1. The van der Waals surface area contributed by atoms with Crippen LogP contribution in [0, 0.1) is 12.8 Å². The Kier molecular flexibility index (Phi) is 3.60. The molecule has 118 valence electrons. The van der Waals surface area contributed by atoms with Crippen LogP contribution in [-0.4, -0.2) is 35.5 Å². The average Bonchev–Trinajstić information content (AvgIpc) is 3.35. The molecule has 0 radical (unpaired) electrons. The van der Waals surface area contributed by atoms with Gasteiger partial charge in [-0.25, -0.2) is 9.97 Å². The fourth-order valence-corrected chi connectivity index (χ4v) is 3.60. The van der Waals surface area contributed by atoms with Gasteiger partial charge in [0, 0.05) is 36.7 Å². The number of carbonyl (C=O) groups excluding carboxylic acids is 1. The molecule has 22 heavy (non-hydrogen) atoms. The number of carbonyl (C=O) groups is 1. The summed E-state index contributed by atoms with van der Waals surface area (Å²) < 4.78 is 0. The van der Waals surface area contributed by atoms with Crippen molar-refractivity contribution >= 4 is 11.7 Å². The van der Waals surface area contributed by atoms with E-state index >= 15 is 0 Å². The van der Waals surface area contributed by atoms with E-state index in [9.17, 15) is 4.79 Å². The number of nitrogens with one attached hydrogen (secondary N) is 1. The molecule has 1 aliphatic carbocycles. The number of amides is 1. The van der Waals surface area contributed by atoms with Gasteiger partial charge in [0.05, 0.1) is 0 Å². The first-order valence-electron chi connectivity index (χ1n) is 8.61. The Morgan fingerprint density at radius 1 is 1.23 bits per heavy atom. The zero-order valence-electron chi connectivity index (χ0n) is 13.3. The summed E-state index contributed by atoms with van der Waals surface area (Å²) in [5, 5.41) is 3.43. The van der Waals surface area contributed by atoms with Gasteiger partial charge in [0.25, 0.3) is 0 Å². The predicted octanol–water partition coefficient (Wildman–Crippen LogP) is 1.94. The van der Waals surface area contributed by atoms with Crippen LogP contribution in [0.3, 0.4) is 0 Å². The van der Waals surface area contributed by atoms with E-state index in [0.717, 1.165) is 49.8 Å². The molecule has 1 N–H and O–H groups in total. The van der Waals surface area contributed by atoms with Crippen LogP contribution in [0.15, 0.2) is 0 Å². The summed E-state index contributed by atoms with van der Waals surface area (Å²) in [5.41, 5.74) is 2.26. The van der Waals surface area contributed by atoms with Crippen LogP contribution in [0.5, 0.6) is 0 Å². The van der Waals surface area contributed by atoms with Gasteiger partial charge in [-0.3, -0.25) is 9.69 Å². The standard InChI is InChI=1S/C17H24N4O/c1-11-14-6-7-15(22)21(10-12-4-5-12)17(14)20-16(19-11)13-3-2-8-18-9-13/h12-13,18H,2-10H2,1H3/t13-/m1/s1. The van der Waals surface area contributed by atoms with Crippen molar-refractivity contribution in [3.63, 3.8) is 0 Å². The van der Waals surface area contributed by atoms with Gasteiger partial charge in [-0.1, -0.05) is 0 Å². The highest BCUT2D eigenvalue weighted by atomic mass is 16.2. The fourth-order valence-electron chi connectivity index (χ4n) is 3.60. The first kappa shape index (κ1) is 14.1. The Morgan fingerprint density at radius 3 is 2.82 bits per heavy atom. The first-order chi connectivity index (χ1) is 10.7. The second-order valence-electron chi connectivity index (χ2n) is 6.96. The number of aryl methyl sites for hydroxylation is 1. The van der Waals surface area contributed by atoms with Gasteiger partial charge in [0.1, 0.15) is 11.6 Å². The Labute approximate surface area is 131 Å². The Bertz CT molecular complexity index is 591. The van der Waals surface area contributed by atoms with Gasteiger partial charge in [-0.15, -0.1) is 0 Å². The molecule has 3 aliphatic rings. The van der Waals surface area contributed by atoms with E-state index in [4.69, 9.17) is 9.97 Å². The lowest BCUT2D eigenvalue weighted by Crippen LogP contribution is -2.39. The van der Waals surface area contributed by atoms with Gasteiger partial charge in [0.15, 0.2) is 0 Å². The molecule has 3 heterocycles. The molecule has 1 atom stereocenters. The minimum Gasteiger partial charge on any atom is -0.316 e. The molecule has 5 heteroatoms. The van der Waals surface area contributed by atoms with Gasteiger partial charge in [-0.2, -0.15) is 0 Å². The molecule has 2 aliphatic heterocycles. The summed E-state index contributed by atoms with van der Waals surface area (Å²) in [7, 11) is 0. The lowest BCUT2D eigenvalue weighted by atomic mass is 9.97. The molecule has 0 unspecified atom stereocenters. The van der Waals surface area contributed by atoms with Crippen molar-refractivity contribution in [2.75, 3.05) is 24.5 Å². The van der Waals surface area contributed by atoms with Crippen molar-refractivity contribution < 1.29 is 4.79 Å². The van der Waals surface area contributed by atoms with E-state index in [2.05, 4.69) is 12.2 Å². The SMILES string of the molecule is Cc1nc([C@@H]2CCCNC2)nc2c1CCC(=O)N2CC1CC1. The highest BCUT2D eigenvalue weighted by molar-refractivity contribution is 5.95. The molecular weight excluding hydrogens is 276 g/mol. The van der Waals surface area contributed by atoms with Crippen molar-refractivity contribution in [2.45, 2.75) is 51.4 Å². The zero-order valence-corrected chi connectivity index (χ0v) is 13.3. The molecular formula is C17H24N4O. The fraction of sp³-hybridized carbons (Fsp3) is 0.706. The molecule has 0 bridgehead atoms. The molecule has 1 amide bonds.